The maximum atomic E-state index is 12.2. The third kappa shape index (κ3) is 39.6. The molecule has 0 radical (unpaired) electrons. The number of ether oxygens (including phenoxy) is 2. The zero-order valence-electron chi connectivity index (χ0n) is 33.3. The number of aliphatic hydroxyl groups excluding tert-OH is 1. The maximum Gasteiger partial charge on any atom is 0.306 e. The van der Waals surface area contributed by atoms with E-state index in [1.165, 1.54) is 38.5 Å². The van der Waals surface area contributed by atoms with Gasteiger partial charge in [0.25, 0.3) is 0 Å². The average Bonchev–Trinajstić information content (AvgIpc) is 3.15. The molecular weight excluding hydrogens is 645 g/mol. The van der Waals surface area contributed by atoms with E-state index in [9.17, 15) is 14.7 Å². The van der Waals surface area contributed by atoms with Gasteiger partial charge in [0.1, 0.15) is 6.61 Å². The van der Waals surface area contributed by atoms with Gasteiger partial charge in [0.2, 0.25) is 0 Å². The highest BCUT2D eigenvalue weighted by atomic mass is 16.6. The first kappa shape index (κ1) is 48.8. The van der Waals surface area contributed by atoms with Gasteiger partial charge in [-0.15, -0.1) is 0 Å². The number of carbonyl (C=O) groups is 2. The predicted octanol–water partition coefficient (Wildman–Crippen LogP) is 13.3. The monoisotopic (exact) mass is 721 g/mol. The van der Waals surface area contributed by atoms with Gasteiger partial charge in [-0.1, -0.05) is 162 Å². The van der Waals surface area contributed by atoms with Crippen molar-refractivity contribution < 1.29 is 24.2 Å². The molecule has 1 N–H and O–H groups in total. The highest BCUT2D eigenvalue weighted by Crippen LogP contribution is 2.12. The van der Waals surface area contributed by atoms with E-state index >= 15 is 0 Å². The summed E-state index contributed by atoms with van der Waals surface area (Å²) in [5, 5.41) is 9.58. The van der Waals surface area contributed by atoms with Gasteiger partial charge >= 0.3 is 11.9 Å². The molecule has 0 aromatic heterocycles. The van der Waals surface area contributed by atoms with Gasteiger partial charge in [-0.3, -0.25) is 9.59 Å². The fourth-order valence-corrected chi connectivity index (χ4v) is 5.30. The number of hydrogen-bond donors (Lipinski definition) is 1. The lowest BCUT2D eigenvalue weighted by Gasteiger charge is -2.15. The molecule has 0 amide bonds. The summed E-state index contributed by atoms with van der Waals surface area (Å²) >= 11 is 0. The molecule has 0 aromatic rings. The molecular formula is C47H76O5. The minimum Gasteiger partial charge on any atom is -0.462 e. The van der Waals surface area contributed by atoms with E-state index in [1.54, 1.807) is 0 Å². The van der Waals surface area contributed by atoms with Gasteiger partial charge in [-0.2, -0.15) is 0 Å². The third-order valence-corrected chi connectivity index (χ3v) is 8.37. The fourth-order valence-electron chi connectivity index (χ4n) is 5.30. The Bertz CT molecular complexity index is 1040. The minimum atomic E-state index is -0.792. The number of esters is 2. The van der Waals surface area contributed by atoms with Gasteiger partial charge in [0.15, 0.2) is 6.10 Å². The van der Waals surface area contributed by atoms with Crippen LogP contribution in [0.15, 0.2) is 97.2 Å². The first-order valence-corrected chi connectivity index (χ1v) is 20.8. The summed E-state index contributed by atoms with van der Waals surface area (Å²) in [4.78, 5) is 24.3. The van der Waals surface area contributed by atoms with Gasteiger partial charge in [0, 0.05) is 12.8 Å². The summed E-state index contributed by atoms with van der Waals surface area (Å²) in [5.74, 6) is -0.632. The Labute approximate surface area is 319 Å². The Balaban J connectivity index is 3.64. The first-order valence-electron chi connectivity index (χ1n) is 20.8. The lowest BCUT2D eigenvalue weighted by molar-refractivity contribution is -0.161. The number of allylic oxidation sites excluding steroid dienone is 16. The van der Waals surface area contributed by atoms with Gasteiger partial charge < -0.3 is 14.6 Å². The van der Waals surface area contributed by atoms with Crippen molar-refractivity contribution in [2.45, 2.75) is 174 Å². The lowest BCUT2D eigenvalue weighted by atomic mass is 10.1. The fraction of sp³-hybridized carbons (Fsp3) is 0.617. The van der Waals surface area contributed by atoms with Crippen molar-refractivity contribution in [1.82, 2.24) is 0 Å². The Morgan fingerprint density at radius 1 is 0.442 bits per heavy atom. The van der Waals surface area contributed by atoms with E-state index in [4.69, 9.17) is 9.47 Å². The molecule has 0 saturated carbocycles. The van der Waals surface area contributed by atoms with Crippen LogP contribution < -0.4 is 0 Å². The molecule has 0 spiro atoms. The number of aliphatic hydroxyl groups is 1. The van der Waals surface area contributed by atoms with Crippen molar-refractivity contribution >= 4 is 11.9 Å². The number of rotatable bonds is 36. The smallest absolute Gasteiger partial charge is 0.306 e. The van der Waals surface area contributed by atoms with Crippen molar-refractivity contribution in [2.24, 2.45) is 0 Å². The molecule has 0 fully saturated rings. The highest BCUT2D eigenvalue weighted by molar-refractivity contribution is 5.70. The van der Waals surface area contributed by atoms with Gasteiger partial charge in [-0.25, -0.2) is 0 Å². The topological polar surface area (TPSA) is 72.8 Å². The Morgan fingerprint density at radius 3 is 1.15 bits per heavy atom. The van der Waals surface area contributed by atoms with Crippen LogP contribution in [0.2, 0.25) is 0 Å². The van der Waals surface area contributed by atoms with Crippen LogP contribution in [-0.4, -0.2) is 36.4 Å². The predicted molar refractivity (Wildman–Crippen MR) is 223 cm³/mol. The molecule has 0 saturated heterocycles. The molecule has 1 unspecified atom stereocenters. The SMILES string of the molecule is CC/C=C\C/C=C\C/C=C\C/C=C\CCCCCCCCC(=O)OCC(CO)OC(=O)CCCCCCCC/C=C\C/C=C\C/C=C\C/C=C\CC. The van der Waals surface area contributed by atoms with Crippen molar-refractivity contribution in [3.8, 4) is 0 Å². The van der Waals surface area contributed by atoms with E-state index in [-0.39, 0.29) is 25.2 Å². The molecule has 0 rings (SSSR count). The van der Waals surface area contributed by atoms with Gasteiger partial charge in [0.05, 0.1) is 6.61 Å². The molecule has 0 aliphatic carbocycles. The Kier molecular flexibility index (Phi) is 39.7. The van der Waals surface area contributed by atoms with Crippen LogP contribution in [0.4, 0.5) is 0 Å². The zero-order chi connectivity index (χ0) is 37.8. The Morgan fingerprint density at radius 2 is 0.769 bits per heavy atom. The standard InChI is InChI=1S/C47H76O5/c1-3-5-7-9-11-13-15-17-19-21-23-25-27-29-31-33-35-37-39-41-46(49)51-44-45(43-48)52-47(50)42-40-38-36-34-32-30-28-26-24-22-20-18-16-14-12-10-8-6-4-2/h5-8,11-14,17-20,23-26,45,48H,3-4,9-10,15-16,21-22,27-44H2,1-2H3/b7-5-,8-6-,13-11-,14-12-,19-17-,20-18-,25-23-,26-24-. The van der Waals surface area contributed by atoms with E-state index in [2.05, 4.69) is 111 Å². The van der Waals surface area contributed by atoms with Crippen LogP contribution in [0, 0.1) is 0 Å². The molecule has 1 atom stereocenters. The normalized spacial score (nSPS) is 13.2. The summed E-state index contributed by atoms with van der Waals surface area (Å²) in [6.07, 6.45) is 58.9. The number of unbranched alkanes of at least 4 members (excludes halogenated alkanes) is 12. The molecule has 52 heavy (non-hydrogen) atoms. The second kappa shape index (κ2) is 42.2. The second-order valence-electron chi connectivity index (χ2n) is 13.3. The summed E-state index contributed by atoms with van der Waals surface area (Å²) < 4.78 is 10.6. The highest BCUT2D eigenvalue weighted by Gasteiger charge is 2.16. The zero-order valence-corrected chi connectivity index (χ0v) is 33.3. The third-order valence-electron chi connectivity index (χ3n) is 8.37. The maximum absolute atomic E-state index is 12.2. The summed E-state index contributed by atoms with van der Waals surface area (Å²) in [7, 11) is 0. The molecule has 0 aliphatic rings. The first-order chi connectivity index (χ1) is 25.6. The minimum absolute atomic E-state index is 0.0857. The molecule has 0 bridgehead atoms. The molecule has 5 heteroatoms. The second-order valence-corrected chi connectivity index (χ2v) is 13.3. The number of carbonyl (C=O) groups excluding carboxylic acids is 2. The largest absolute Gasteiger partial charge is 0.462 e. The van der Waals surface area contributed by atoms with Gasteiger partial charge in [-0.05, 0) is 89.9 Å². The lowest BCUT2D eigenvalue weighted by Crippen LogP contribution is -2.28. The van der Waals surface area contributed by atoms with Crippen LogP contribution in [0.5, 0.6) is 0 Å². The average molecular weight is 721 g/mol. The van der Waals surface area contributed by atoms with Crippen molar-refractivity contribution in [3.05, 3.63) is 97.2 Å². The van der Waals surface area contributed by atoms with E-state index < -0.39 is 6.10 Å². The van der Waals surface area contributed by atoms with Crippen LogP contribution >= 0.6 is 0 Å². The number of hydrogen-bond acceptors (Lipinski definition) is 5. The van der Waals surface area contributed by atoms with E-state index in [0.717, 1.165) is 103 Å². The van der Waals surface area contributed by atoms with E-state index in [1.807, 2.05) is 0 Å². The molecule has 0 aliphatic heterocycles. The molecule has 5 nitrogen and oxygen atoms in total. The van der Waals surface area contributed by atoms with Crippen LogP contribution in [-0.2, 0) is 19.1 Å². The van der Waals surface area contributed by atoms with Crippen LogP contribution in [0.25, 0.3) is 0 Å². The summed E-state index contributed by atoms with van der Waals surface area (Å²) in [6.45, 7) is 3.87. The summed E-state index contributed by atoms with van der Waals surface area (Å²) in [5.41, 5.74) is 0. The van der Waals surface area contributed by atoms with Crippen molar-refractivity contribution in [2.75, 3.05) is 13.2 Å². The molecule has 0 heterocycles. The Hall–Kier alpha value is -3.18. The van der Waals surface area contributed by atoms with Crippen LogP contribution in [0.1, 0.15) is 168 Å². The quantitative estimate of drug-likeness (QED) is 0.0396. The molecule has 294 valence electrons. The van der Waals surface area contributed by atoms with Crippen molar-refractivity contribution in [1.29, 1.82) is 0 Å². The van der Waals surface area contributed by atoms with E-state index in [0.29, 0.717) is 12.8 Å². The summed E-state index contributed by atoms with van der Waals surface area (Å²) in [6, 6.07) is 0. The van der Waals surface area contributed by atoms with Crippen molar-refractivity contribution in [3.63, 3.8) is 0 Å². The van der Waals surface area contributed by atoms with Crippen LogP contribution in [0.3, 0.4) is 0 Å². The molecule has 0 aromatic carbocycles.